The van der Waals surface area contributed by atoms with E-state index in [1.807, 2.05) is 12.1 Å². The molecule has 1 rings (SSSR count). The summed E-state index contributed by atoms with van der Waals surface area (Å²) < 4.78 is 10.7. The minimum Gasteiger partial charge on any atom is -0.493 e. The van der Waals surface area contributed by atoms with E-state index in [2.05, 4.69) is 51.3 Å². The Balaban J connectivity index is 2.96. The molecule has 5 heteroatoms. The molecule has 23 heavy (non-hydrogen) atoms. The summed E-state index contributed by atoms with van der Waals surface area (Å²) in [6.07, 6.45) is 0. The van der Waals surface area contributed by atoms with Gasteiger partial charge in [-0.3, -0.25) is 4.99 Å². The lowest BCUT2D eigenvalue weighted by molar-refractivity contribution is 0.353. The zero-order chi connectivity index (χ0) is 17.5. The van der Waals surface area contributed by atoms with Crippen LogP contribution in [-0.4, -0.2) is 39.3 Å². The Kier molecular flexibility index (Phi) is 7.20. The first kappa shape index (κ1) is 19.1. The Hall–Kier alpha value is -1.91. The lowest BCUT2D eigenvalue weighted by atomic mass is 9.84. The number of hydrogen-bond acceptors (Lipinski definition) is 3. The van der Waals surface area contributed by atoms with Crippen LogP contribution in [0.1, 0.15) is 40.2 Å². The molecule has 0 radical (unpaired) electrons. The van der Waals surface area contributed by atoms with Gasteiger partial charge in [0.25, 0.3) is 0 Å². The fourth-order valence-electron chi connectivity index (χ4n) is 2.22. The second-order valence-electron chi connectivity index (χ2n) is 6.45. The average Bonchev–Trinajstić information content (AvgIpc) is 2.51. The fraction of sp³-hybridized carbons (Fsp3) is 0.611. The number of rotatable bonds is 7. The van der Waals surface area contributed by atoms with Gasteiger partial charge in [-0.15, -0.1) is 0 Å². The van der Waals surface area contributed by atoms with Crippen LogP contribution in [0.5, 0.6) is 11.5 Å². The third-order valence-corrected chi connectivity index (χ3v) is 3.57. The molecule has 0 saturated heterocycles. The van der Waals surface area contributed by atoms with Crippen molar-refractivity contribution in [3.05, 3.63) is 23.8 Å². The van der Waals surface area contributed by atoms with Crippen LogP contribution in [0.2, 0.25) is 0 Å². The largest absolute Gasteiger partial charge is 0.493 e. The first-order valence-corrected chi connectivity index (χ1v) is 8.11. The molecule has 0 fully saturated rings. The van der Waals surface area contributed by atoms with Crippen molar-refractivity contribution in [2.24, 2.45) is 4.99 Å². The van der Waals surface area contributed by atoms with E-state index in [0.717, 1.165) is 24.0 Å². The van der Waals surface area contributed by atoms with Gasteiger partial charge in [0.15, 0.2) is 17.5 Å². The fourth-order valence-corrected chi connectivity index (χ4v) is 2.22. The summed E-state index contributed by atoms with van der Waals surface area (Å²) in [6.45, 7) is 12.1. The highest BCUT2D eigenvalue weighted by atomic mass is 16.5. The van der Waals surface area contributed by atoms with E-state index in [9.17, 15) is 0 Å². The minimum absolute atomic E-state index is 0.112. The molecule has 0 aliphatic rings. The minimum atomic E-state index is -0.112. The van der Waals surface area contributed by atoms with Crippen LogP contribution < -0.4 is 20.1 Å². The highest BCUT2D eigenvalue weighted by Gasteiger charge is 2.22. The normalized spacial score (nSPS) is 12.3. The van der Waals surface area contributed by atoms with Gasteiger partial charge in [0.1, 0.15) is 0 Å². The van der Waals surface area contributed by atoms with Crippen molar-refractivity contribution >= 4 is 5.96 Å². The molecule has 0 saturated carbocycles. The SMILES string of the molecule is CCNC(=NCC(C)(C)c1ccc(OC)c(OC)c1)NC(C)C. The zero-order valence-corrected chi connectivity index (χ0v) is 15.5. The molecule has 0 spiro atoms. The van der Waals surface area contributed by atoms with Gasteiger partial charge in [-0.25, -0.2) is 0 Å². The van der Waals surface area contributed by atoms with E-state index in [0.29, 0.717) is 12.6 Å². The zero-order valence-electron chi connectivity index (χ0n) is 15.5. The molecule has 0 heterocycles. The highest BCUT2D eigenvalue weighted by Crippen LogP contribution is 2.33. The molecular weight excluding hydrogens is 290 g/mol. The van der Waals surface area contributed by atoms with Gasteiger partial charge in [-0.05, 0) is 38.5 Å². The number of hydrogen-bond donors (Lipinski definition) is 2. The predicted octanol–water partition coefficient (Wildman–Crippen LogP) is 2.94. The Morgan fingerprint density at radius 2 is 1.83 bits per heavy atom. The first-order valence-electron chi connectivity index (χ1n) is 8.11. The number of nitrogens with zero attached hydrogens (tertiary/aromatic N) is 1. The Bertz CT molecular complexity index is 525. The maximum atomic E-state index is 5.40. The number of guanidine groups is 1. The second kappa shape index (κ2) is 8.65. The average molecular weight is 321 g/mol. The predicted molar refractivity (Wildman–Crippen MR) is 96.8 cm³/mol. The quantitative estimate of drug-likeness (QED) is 0.599. The molecule has 1 aromatic carbocycles. The summed E-state index contributed by atoms with van der Waals surface area (Å²) in [5.41, 5.74) is 1.05. The van der Waals surface area contributed by atoms with Gasteiger partial charge in [-0.1, -0.05) is 19.9 Å². The third-order valence-electron chi connectivity index (χ3n) is 3.57. The molecular formula is C18H31N3O2. The summed E-state index contributed by atoms with van der Waals surface area (Å²) in [4.78, 5) is 4.72. The van der Waals surface area contributed by atoms with E-state index >= 15 is 0 Å². The number of methoxy groups -OCH3 is 2. The maximum absolute atomic E-state index is 5.40. The monoisotopic (exact) mass is 321 g/mol. The van der Waals surface area contributed by atoms with Crippen LogP contribution in [0.25, 0.3) is 0 Å². The molecule has 0 unspecified atom stereocenters. The van der Waals surface area contributed by atoms with Gasteiger partial charge in [0, 0.05) is 18.0 Å². The molecule has 0 aliphatic carbocycles. The van der Waals surface area contributed by atoms with E-state index in [4.69, 9.17) is 14.5 Å². The van der Waals surface area contributed by atoms with Crippen LogP contribution in [0.3, 0.4) is 0 Å². The van der Waals surface area contributed by atoms with Crippen molar-refractivity contribution in [2.75, 3.05) is 27.3 Å². The van der Waals surface area contributed by atoms with Crippen LogP contribution >= 0.6 is 0 Å². The Morgan fingerprint density at radius 3 is 2.35 bits per heavy atom. The van der Waals surface area contributed by atoms with Crippen molar-refractivity contribution in [3.8, 4) is 11.5 Å². The standard InChI is InChI=1S/C18H31N3O2/c1-8-19-17(21-13(2)3)20-12-18(4,5)14-9-10-15(22-6)16(11-14)23-7/h9-11,13H,8,12H2,1-7H3,(H2,19,20,21). The smallest absolute Gasteiger partial charge is 0.191 e. The number of benzene rings is 1. The van der Waals surface area contributed by atoms with Crippen LogP contribution in [0.4, 0.5) is 0 Å². The van der Waals surface area contributed by atoms with Crippen molar-refractivity contribution in [2.45, 2.75) is 46.1 Å². The maximum Gasteiger partial charge on any atom is 0.191 e. The summed E-state index contributed by atoms with van der Waals surface area (Å²) in [7, 11) is 3.30. The topological polar surface area (TPSA) is 54.9 Å². The van der Waals surface area contributed by atoms with Gasteiger partial charge in [0.2, 0.25) is 0 Å². The molecule has 2 N–H and O–H groups in total. The molecule has 0 aliphatic heterocycles. The molecule has 0 aromatic heterocycles. The van der Waals surface area contributed by atoms with E-state index in [-0.39, 0.29) is 5.41 Å². The van der Waals surface area contributed by atoms with Crippen molar-refractivity contribution in [1.82, 2.24) is 10.6 Å². The van der Waals surface area contributed by atoms with Gasteiger partial charge < -0.3 is 20.1 Å². The molecule has 130 valence electrons. The number of ether oxygens (including phenoxy) is 2. The molecule has 5 nitrogen and oxygen atoms in total. The summed E-state index contributed by atoms with van der Waals surface area (Å²) >= 11 is 0. The third kappa shape index (κ3) is 5.66. The molecule has 0 bridgehead atoms. The van der Waals surface area contributed by atoms with Gasteiger partial charge >= 0.3 is 0 Å². The molecule has 1 aromatic rings. The van der Waals surface area contributed by atoms with Crippen molar-refractivity contribution < 1.29 is 9.47 Å². The molecule has 0 amide bonds. The summed E-state index contributed by atoms with van der Waals surface area (Å²) in [6, 6.07) is 6.38. The van der Waals surface area contributed by atoms with Gasteiger partial charge in [0.05, 0.1) is 20.8 Å². The van der Waals surface area contributed by atoms with E-state index in [1.165, 1.54) is 5.56 Å². The van der Waals surface area contributed by atoms with Crippen LogP contribution in [-0.2, 0) is 5.41 Å². The second-order valence-corrected chi connectivity index (χ2v) is 6.45. The van der Waals surface area contributed by atoms with Crippen LogP contribution in [0, 0.1) is 0 Å². The van der Waals surface area contributed by atoms with E-state index in [1.54, 1.807) is 14.2 Å². The first-order chi connectivity index (χ1) is 10.8. The van der Waals surface area contributed by atoms with Crippen molar-refractivity contribution in [3.63, 3.8) is 0 Å². The molecule has 0 atom stereocenters. The van der Waals surface area contributed by atoms with Crippen LogP contribution in [0.15, 0.2) is 23.2 Å². The number of nitrogens with one attached hydrogen (secondary N) is 2. The lowest BCUT2D eigenvalue weighted by Crippen LogP contribution is -2.41. The number of aliphatic imine (C=N–C) groups is 1. The summed E-state index contributed by atoms with van der Waals surface area (Å²) in [5, 5.41) is 6.61. The van der Waals surface area contributed by atoms with Gasteiger partial charge in [-0.2, -0.15) is 0 Å². The van der Waals surface area contributed by atoms with E-state index < -0.39 is 0 Å². The highest BCUT2D eigenvalue weighted by molar-refractivity contribution is 5.80. The summed E-state index contributed by atoms with van der Waals surface area (Å²) in [5.74, 6) is 2.33. The lowest BCUT2D eigenvalue weighted by Gasteiger charge is -2.25. The van der Waals surface area contributed by atoms with Crippen molar-refractivity contribution in [1.29, 1.82) is 0 Å². The Morgan fingerprint density at radius 1 is 1.17 bits per heavy atom. The Labute approximate surface area is 140 Å².